The van der Waals surface area contributed by atoms with Crippen LogP contribution >= 0.6 is 39.9 Å². The summed E-state index contributed by atoms with van der Waals surface area (Å²) in [7, 11) is 0. The van der Waals surface area contributed by atoms with Crippen LogP contribution in [-0.2, 0) is 14.4 Å². The molecule has 0 aromatic heterocycles. The number of amides is 2. The van der Waals surface area contributed by atoms with Gasteiger partial charge in [0.2, 0.25) is 5.91 Å². The van der Waals surface area contributed by atoms with Crippen LogP contribution in [0.15, 0.2) is 33.6 Å². The Hall–Kier alpha value is -1.71. The van der Waals surface area contributed by atoms with E-state index in [0.717, 1.165) is 22.9 Å². The predicted molar refractivity (Wildman–Crippen MR) is 122 cm³/mol. The number of nitrogens with one attached hydrogen (secondary N) is 1. The molecule has 1 heterocycles. The van der Waals surface area contributed by atoms with Gasteiger partial charge in [-0.3, -0.25) is 19.3 Å². The van der Waals surface area contributed by atoms with Gasteiger partial charge in [0.15, 0.2) is 0 Å². The van der Waals surface area contributed by atoms with Crippen molar-refractivity contribution in [3.05, 3.63) is 39.2 Å². The second kappa shape index (κ2) is 12.1. The lowest BCUT2D eigenvalue weighted by Crippen LogP contribution is -2.30. The van der Waals surface area contributed by atoms with Gasteiger partial charge in [-0.25, -0.2) is 0 Å². The summed E-state index contributed by atoms with van der Waals surface area (Å²) in [6.07, 6.45) is 4.98. The minimum absolute atomic E-state index is 0.0703. The fourth-order valence-electron chi connectivity index (χ4n) is 2.70. The lowest BCUT2D eigenvalue weighted by Gasteiger charge is -2.14. The minimum Gasteiger partial charge on any atom is -0.481 e. The van der Waals surface area contributed by atoms with Crippen molar-refractivity contribution in [3.8, 4) is 0 Å². The molecule has 0 saturated carbocycles. The summed E-state index contributed by atoms with van der Waals surface area (Å²) in [5, 5.41) is 11.4. The van der Waals surface area contributed by atoms with Gasteiger partial charge in [0.25, 0.3) is 5.91 Å². The van der Waals surface area contributed by atoms with Gasteiger partial charge < -0.3 is 10.4 Å². The molecule has 0 aliphatic carbocycles. The van der Waals surface area contributed by atoms with Crippen molar-refractivity contribution in [2.75, 3.05) is 13.1 Å². The van der Waals surface area contributed by atoms with E-state index in [4.69, 9.17) is 17.3 Å². The number of rotatable bonds is 11. The molecule has 1 fully saturated rings. The molecular weight excluding hydrogens is 476 g/mol. The third kappa shape index (κ3) is 8.28. The van der Waals surface area contributed by atoms with Crippen molar-refractivity contribution in [1.29, 1.82) is 0 Å². The number of halogens is 1. The first-order valence-corrected chi connectivity index (χ1v) is 11.4. The molecule has 6 nitrogen and oxygen atoms in total. The number of carboxylic acid groups (broad SMARTS) is 1. The second-order valence-corrected chi connectivity index (χ2v) is 9.13. The first-order valence-electron chi connectivity index (χ1n) is 9.36. The van der Waals surface area contributed by atoms with Gasteiger partial charge in [-0.05, 0) is 43.0 Å². The third-order valence-electron chi connectivity index (χ3n) is 4.22. The zero-order valence-corrected chi connectivity index (χ0v) is 19.1. The molecule has 2 N–H and O–H groups in total. The molecule has 1 aliphatic heterocycles. The van der Waals surface area contributed by atoms with E-state index in [-0.39, 0.29) is 18.2 Å². The highest BCUT2D eigenvalue weighted by atomic mass is 79.9. The number of benzene rings is 1. The summed E-state index contributed by atoms with van der Waals surface area (Å²) in [6, 6.07) is 7.67. The van der Waals surface area contributed by atoms with E-state index in [1.165, 1.54) is 11.8 Å². The summed E-state index contributed by atoms with van der Waals surface area (Å²) in [6.45, 7) is 0.948. The van der Waals surface area contributed by atoms with E-state index >= 15 is 0 Å². The molecule has 0 radical (unpaired) electrons. The predicted octanol–water partition coefficient (Wildman–Crippen LogP) is 4.19. The number of carbonyl (C=O) groups excluding carboxylic acids is 2. The van der Waals surface area contributed by atoms with E-state index in [1.54, 1.807) is 4.90 Å². The normalized spacial score (nSPS) is 15.2. The summed E-state index contributed by atoms with van der Waals surface area (Å²) in [4.78, 5) is 37.0. The fraction of sp³-hybridized carbons (Fsp3) is 0.400. The lowest BCUT2D eigenvalue weighted by molar-refractivity contribution is -0.137. The smallest absolute Gasteiger partial charge is 0.303 e. The maximum atomic E-state index is 12.6. The number of carbonyl (C=O) groups is 3. The van der Waals surface area contributed by atoms with E-state index in [9.17, 15) is 14.4 Å². The second-order valence-electron chi connectivity index (χ2n) is 6.54. The van der Waals surface area contributed by atoms with Crippen molar-refractivity contribution >= 4 is 68.1 Å². The van der Waals surface area contributed by atoms with Crippen LogP contribution < -0.4 is 5.32 Å². The first-order chi connectivity index (χ1) is 13.9. The van der Waals surface area contributed by atoms with Crippen LogP contribution in [0.3, 0.4) is 0 Å². The number of aliphatic carboxylic acids is 1. The molecule has 1 aromatic rings. The molecule has 0 atom stereocenters. The standard InChI is InChI=1S/C20H23BrN2O4S2/c21-15-9-7-14(8-10-15)13-16-19(27)23(20(28)29-16)12-4-5-17(24)22-11-3-1-2-6-18(25)26/h7-10,13H,1-6,11-12H2,(H,22,24)(H,25,26)/b16-13-. The highest BCUT2D eigenvalue weighted by molar-refractivity contribution is 9.10. The van der Waals surface area contributed by atoms with E-state index in [2.05, 4.69) is 21.2 Å². The lowest BCUT2D eigenvalue weighted by atomic mass is 10.2. The zero-order chi connectivity index (χ0) is 21.2. The Labute approximate surface area is 188 Å². The highest BCUT2D eigenvalue weighted by Crippen LogP contribution is 2.32. The number of unbranched alkanes of at least 4 members (excludes halogenated alkanes) is 2. The van der Waals surface area contributed by atoms with Gasteiger partial charge in [-0.2, -0.15) is 0 Å². The summed E-state index contributed by atoms with van der Waals surface area (Å²) >= 11 is 9.98. The molecule has 1 aromatic carbocycles. The highest BCUT2D eigenvalue weighted by Gasteiger charge is 2.31. The summed E-state index contributed by atoms with van der Waals surface area (Å²) in [5.41, 5.74) is 0.927. The van der Waals surface area contributed by atoms with Crippen molar-refractivity contribution in [1.82, 2.24) is 10.2 Å². The van der Waals surface area contributed by atoms with Crippen molar-refractivity contribution < 1.29 is 19.5 Å². The van der Waals surface area contributed by atoms with Crippen LogP contribution in [-0.4, -0.2) is 45.2 Å². The minimum atomic E-state index is -0.795. The molecule has 2 rings (SSSR count). The monoisotopic (exact) mass is 498 g/mol. The van der Waals surface area contributed by atoms with Crippen LogP contribution in [0.5, 0.6) is 0 Å². The van der Waals surface area contributed by atoms with Crippen molar-refractivity contribution in [3.63, 3.8) is 0 Å². The van der Waals surface area contributed by atoms with Crippen LogP contribution in [0.4, 0.5) is 0 Å². The average molecular weight is 499 g/mol. The molecule has 29 heavy (non-hydrogen) atoms. The summed E-state index contributed by atoms with van der Waals surface area (Å²) in [5.74, 6) is -0.989. The number of nitrogens with zero attached hydrogens (tertiary/aromatic N) is 1. The molecule has 2 amide bonds. The molecule has 1 saturated heterocycles. The molecule has 9 heteroatoms. The maximum Gasteiger partial charge on any atom is 0.303 e. The zero-order valence-electron chi connectivity index (χ0n) is 15.9. The van der Waals surface area contributed by atoms with Gasteiger partial charge in [0, 0.05) is 30.4 Å². The Morgan fingerprint density at radius 3 is 2.55 bits per heavy atom. The number of hydrogen-bond donors (Lipinski definition) is 2. The van der Waals surface area contributed by atoms with Crippen LogP contribution in [0, 0.1) is 0 Å². The van der Waals surface area contributed by atoms with Gasteiger partial charge in [0.05, 0.1) is 4.91 Å². The first kappa shape index (κ1) is 23.6. The number of carboxylic acids is 1. The van der Waals surface area contributed by atoms with Gasteiger partial charge in [-0.15, -0.1) is 0 Å². The largest absolute Gasteiger partial charge is 0.481 e. The molecule has 156 valence electrons. The third-order valence-corrected chi connectivity index (χ3v) is 6.12. The summed E-state index contributed by atoms with van der Waals surface area (Å²) < 4.78 is 1.48. The maximum absolute atomic E-state index is 12.6. The van der Waals surface area contributed by atoms with Gasteiger partial charge in [0.1, 0.15) is 4.32 Å². The van der Waals surface area contributed by atoms with Crippen LogP contribution in [0.25, 0.3) is 6.08 Å². The molecule has 0 unspecified atom stereocenters. The molecule has 1 aliphatic rings. The Bertz CT molecular complexity index is 796. The van der Waals surface area contributed by atoms with Crippen molar-refractivity contribution in [2.24, 2.45) is 0 Å². The Kier molecular flexibility index (Phi) is 9.83. The molecule has 0 spiro atoms. The number of thioether (sulfide) groups is 1. The molecular formula is C20H23BrN2O4S2. The Morgan fingerprint density at radius 2 is 1.86 bits per heavy atom. The van der Waals surface area contributed by atoms with Crippen LogP contribution in [0.2, 0.25) is 0 Å². The quantitative estimate of drug-likeness (QED) is 0.270. The van der Waals surface area contributed by atoms with Gasteiger partial charge >= 0.3 is 5.97 Å². The van der Waals surface area contributed by atoms with E-state index in [0.29, 0.717) is 41.6 Å². The van der Waals surface area contributed by atoms with Crippen LogP contribution in [0.1, 0.15) is 44.1 Å². The fourth-order valence-corrected chi connectivity index (χ4v) is 4.27. The average Bonchev–Trinajstić information content (AvgIpc) is 2.93. The topological polar surface area (TPSA) is 86.7 Å². The van der Waals surface area contributed by atoms with E-state index in [1.807, 2.05) is 30.3 Å². The number of hydrogen-bond acceptors (Lipinski definition) is 5. The Morgan fingerprint density at radius 1 is 1.14 bits per heavy atom. The van der Waals surface area contributed by atoms with E-state index < -0.39 is 5.97 Å². The molecule has 0 bridgehead atoms. The number of thiocarbonyl (C=S) groups is 1. The SMILES string of the molecule is O=C(O)CCCCCNC(=O)CCCN1C(=O)/C(=C/c2ccc(Br)cc2)SC1=S. The Balaban J connectivity index is 1.70. The van der Waals surface area contributed by atoms with Crippen molar-refractivity contribution in [2.45, 2.75) is 38.5 Å². The van der Waals surface area contributed by atoms with Gasteiger partial charge in [-0.1, -0.05) is 58.5 Å².